The summed E-state index contributed by atoms with van der Waals surface area (Å²) < 4.78 is 1.76. The highest BCUT2D eigenvalue weighted by molar-refractivity contribution is 5.90. The lowest BCUT2D eigenvalue weighted by Crippen LogP contribution is -2.27. The van der Waals surface area contributed by atoms with Gasteiger partial charge >= 0.3 is 0 Å². The van der Waals surface area contributed by atoms with Crippen molar-refractivity contribution in [3.8, 4) is 0 Å². The summed E-state index contributed by atoms with van der Waals surface area (Å²) in [6.45, 7) is 0.499. The Morgan fingerprint density at radius 1 is 1.65 bits per heavy atom. The van der Waals surface area contributed by atoms with Gasteiger partial charge < -0.3 is 11.1 Å². The fourth-order valence-corrected chi connectivity index (χ4v) is 1.41. The highest BCUT2D eigenvalue weighted by Crippen LogP contribution is 1.97. The topological polar surface area (TPSA) is 115 Å². The second-order valence-electron chi connectivity index (χ2n) is 3.49. The van der Waals surface area contributed by atoms with Gasteiger partial charge in [0.2, 0.25) is 11.8 Å². The van der Waals surface area contributed by atoms with E-state index in [1.54, 1.807) is 10.9 Å². The van der Waals surface area contributed by atoms with Crippen LogP contribution in [0, 0.1) is 0 Å². The van der Waals surface area contributed by atoms with Gasteiger partial charge in [-0.15, -0.1) is 5.10 Å². The monoisotopic (exact) mass is 235 g/mol. The second kappa shape index (κ2) is 4.64. The first-order valence-corrected chi connectivity index (χ1v) is 5.10. The summed E-state index contributed by atoms with van der Waals surface area (Å²) in [7, 11) is 1.86. The van der Waals surface area contributed by atoms with Gasteiger partial charge in [-0.05, 0) is 6.07 Å². The van der Waals surface area contributed by atoms with E-state index < -0.39 is 0 Å². The molecular weight excluding hydrogens is 222 g/mol. The highest BCUT2D eigenvalue weighted by Gasteiger charge is 2.09. The summed E-state index contributed by atoms with van der Waals surface area (Å²) in [6.07, 6.45) is 2.42. The molecule has 17 heavy (non-hydrogen) atoms. The van der Waals surface area contributed by atoms with Crippen molar-refractivity contribution in [1.82, 2.24) is 30.3 Å². The van der Waals surface area contributed by atoms with Crippen LogP contribution in [0.5, 0.6) is 0 Å². The zero-order valence-corrected chi connectivity index (χ0v) is 9.34. The van der Waals surface area contributed by atoms with E-state index in [9.17, 15) is 4.79 Å². The number of nitrogens with one attached hydrogen (secondary N) is 2. The Morgan fingerprint density at radius 2 is 2.47 bits per heavy atom. The third-order valence-corrected chi connectivity index (χ3v) is 2.31. The minimum Gasteiger partial charge on any atom is -0.366 e. The lowest BCUT2D eigenvalue weighted by Gasteiger charge is -2.03. The molecule has 2 aromatic heterocycles. The summed E-state index contributed by atoms with van der Waals surface area (Å²) in [4.78, 5) is 15.3. The zero-order valence-electron chi connectivity index (χ0n) is 9.34. The van der Waals surface area contributed by atoms with Crippen LogP contribution in [0.15, 0.2) is 12.3 Å². The zero-order chi connectivity index (χ0) is 12.3. The molecule has 0 aromatic carbocycles. The Hall–Kier alpha value is -2.38. The fraction of sp³-hybridized carbons (Fsp3) is 0.333. The van der Waals surface area contributed by atoms with Gasteiger partial charge in [0.15, 0.2) is 0 Å². The van der Waals surface area contributed by atoms with Gasteiger partial charge in [0, 0.05) is 31.9 Å². The predicted molar refractivity (Wildman–Crippen MR) is 60.0 cm³/mol. The third-order valence-electron chi connectivity index (χ3n) is 2.31. The van der Waals surface area contributed by atoms with E-state index >= 15 is 0 Å². The fourth-order valence-electron chi connectivity index (χ4n) is 1.41. The molecule has 0 saturated carbocycles. The molecule has 0 radical (unpaired) electrons. The van der Waals surface area contributed by atoms with Crippen LogP contribution < -0.4 is 11.1 Å². The Labute approximate surface area is 97.2 Å². The maximum Gasteiger partial charge on any atom is 0.288 e. The Balaban J connectivity index is 1.83. The van der Waals surface area contributed by atoms with Gasteiger partial charge in [0.25, 0.3) is 5.91 Å². The van der Waals surface area contributed by atoms with Crippen molar-refractivity contribution >= 4 is 11.9 Å². The van der Waals surface area contributed by atoms with Gasteiger partial charge in [-0.1, -0.05) is 0 Å². The highest BCUT2D eigenvalue weighted by atomic mass is 16.2. The van der Waals surface area contributed by atoms with E-state index in [1.165, 1.54) is 0 Å². The molecule has 2 rings (SSSR count). The maximum atomic E-state index is 11.5. The number of nitrogens with zero attached hydrogens (tertiary/aromatic N) is 4. The lowest BCUT2D eigenvalue weighted by atomic mass is 10.3. The molecule has 2 heterocycles. The number of aromatic nitrogens is 5. The van der Waals surface area contributed by atoms with Crippen LogP contribution in [-0.2, 0) is 13.5 Å². The van der Waals surface area contributed by atoms with Crippen molar-refractivity contribution in [2.45, 2.75) is 6.42 Å². The average Bonchev–Trinajstić information content (AvgIpc) is 2.88. The normalized spacial score (nSPS) is 10.4. The third kappa shape index (κ3) is 2.60. The lowest BCUT2D eigenvalue weighted by molar-refractivity contribution is 0.0944. The predicted octanol–water partition coefficient (Wildman–Crippen LogP) is -0.907. The molecule has 2 aromatic rings. The molecule has 0 fully saturated rings. The van der Waals surface area contributed by atoms with Gasteiger partial charge in [-0.2, -0.15) is 10.1 Å². The van der Waals surface area contributed by atoms with Crippen molar-refractivity contribution in [2.24, 2.45) is 7.05 Å². The number of amides is 1. The smallest absolute Gasteiger partial charge is 0.288 e. The average molecular weight is 235 g/mol. The molecule has 0 spiro atoms. The number of anilines is 1. The summed E-state index contributed by atoms with van der Waals surface area (Å²) in [5.41, 5.74) is 6.34. The largest absolute Gasteiger partial charge is 0.366 e. The van der Waals surface area contributed by atoms with Crippen LogP contribution in [0.2, 0.25) is 0 Å². The van der Waals surface area contributed by atoms with E-state index in [0.29, 0.717) is 13.0 Å². The van der Waals surface area contributed by atoms with E-state index in [0.717, 1.165) is 5.69 Å². The quantitative estimate of drug-likeness (QED) is 0.635. The second-order valence-corrected chi connectivity index (χ2v) is 3.49. The molecule has 4 N–H and O–H groups in total. The molecule has 8 nitrogen and oxygen atoms in total. The van der Waals surface area contributed by atoms with Crippen molar-refractivity contribution in [2.75, 3.05) is 12.3 Å². The first-order chi connectivity index (χ1) is 8.16. The number of nitrogen functional groups attached to an aromatic ring is 1. The minimum atomic E-state index is -0.323. The van der Waals surface area contributed by atoms with Crippen LogP contribution in [0.3, 0.4) is 0 Å². The Kier molecular flexibility index (Phi) is 3.03. The number of nitrogens with two attached hydrogens (primary N) is 1. The molecule has 0 atom stereocenters. The molecule has 0 saturated heterocycles. The molecule has 0 aliphatic carbocycles. The van der Waals surface area contributed by atoms with Gasteiger partial charge in [0.05, 0.1) is 0 Å². The summed E-state index contributed by atoms with van der Waals surface area (Å²) in [6, 6.07) is 1.90. The number of hydrogen-bond acceptors (Lipinski definition) is 5. The number of carbonyl (C=O) groups is 1. The number of aryl methyl sites for hydroxylation is 1. The van der Waals surface area contributed by atoms with Gasteiger partial charge in [-0.25, -0.2) is 0 Å². The Morgan fingerprint density at radius 3 is 3.06 bits per heavy atom. The van der Waals surface area contributed by atoms with Crippen molar-refractivity contribution in [3.63, 3.8) is 0 Å². The Bertz CT molecular complexity index is 515. The van der Waals surface area contributed by atoms with E-state index in [-0.39, 0.29) is 17.7 Å². The number of hydrogen-bond donors (Lipinski definition) is 3. The van der Waals surface area contributed by atoms with E-state index in [2.05, 4.69) is 25.6 Å². The van der Waals surface area contributed by atoms with Crippen molar-refractivity contribution in [3.05, 3.63) is 23.8 Å². The molecule has 1 amide bonds. The molecule has 0 aliphatic rings. The minimum absolute atomic E-state index is 0.0572. The van der Waals surface area contributed by atoms with E-state index in [1.807, 2.05) is 13.1 Å². The van der Waals surface area contributed by atoms with Crippen LogP contribution >= 0.6 is 0 Å². The van der Waals surface area contributed by atoms with Crippen LogP contribution in [0.4, 0.5) is 5.95 Å². The molecular formula is C9H13N7O. The number of carbonyl (C=O) groups excluding carboxylic acids is 1. The number of rotatable bonds is 4. The molecule has 90 valence electrons. The summed E-state index contributed by atoms with van der Waals surface area (Å²) >= 11 is 0. The van der Waals surface area contributed by atoms with Crippen LogP contribution in [0.1, 0.15) is 16.3 Å². The van der Waals surface area contributed by atoms with Crippen LogP contribution in [0.25, 0.3) is 0 Å². The van der Waals surface area contributed by atoms with E-state index in [4.69, 9.17) is 5.73 Å². The van der Waals surface area contributed by atoms with Crippen LogP contribution in [-0.4, -0.2) is 37.4 Å². The van der Waals surface area contributed by atoms with Crippen molar-refractivity contribution in [1.29, 1.82) is 0 Å². The molecule has 0 aliphatic heterocycles. The summed E-state index contributed by atoms with van der Waals surface area (Å²) in [5.74, 6) is -0.148. The molecule has 8 heteroatoms. The first-order valence-electron chi connectivity index (χ1n) is 5.10. The number of H-pyrrole nitrogens is 1. The molecule has 0 bridgehead atoms. The SMILES string of the molecule is Cn1nccc1CCNC(=O)c1nc(N)n[nH]1. The molecule has 0 unspecified atom stereocenters. The first kappa shape index (κ1) is 11.1. The number of aromatic amines is 1. The van der Waals surface area contributed by atoms with Gasteiger partial charge in [-0.3, -0.25) is 14.6 Å². The standard InChI is InChI=1S/C9H13N7O/c1-16-6(3-5-12-16)2-4-11-8(17)7-13-9(10)15-14-7/h3,5H,2,4H2,1H3,(H,11,17)(H3,10,13,14,15). The van der Waals surface area contributed by atoms with Crippen molar-refractivity contribution < 1.29 is 4.79 Å². The van der Waals surface area contributed by atoms with Gasteiger partial charge in [0.1, 0.15) is 0 Å². The summed E-state index contributed by atoms with van der Waals surface area (Å²) in [5, 5.41) is 12.8. The maximum absolute atomic E-state index is 11.5.